The van der Waals surface area contributed by atoms with Gasteiger partial charge in [0, 0.05) is 5.54 Å². The lowest BCUT2D eigenvalue weighted by atomic mass is 9.45. The lowest BCUT2D eigenvalue weighted by Crippen LogP contribution is -2.64. The van der Waals surface area contributed by atoms with E-state index >= 15 is 0 Å². The number of hydrogen-bond donors (Lipinski definition) is 1. The van der Waals surface area contributed by atoms with Crippen LogP contribution in [0.1, 0.15) is 71.3 Å². The summed E-state index contributed by atoms with van der Waals surface area (Å²) in [5.41, 5.74) is 1.11. The average molecular weight is 388 g/mol. The first-order chi connectivity index (χ1) is 12.6. The van der Waals surface area contributed by atoms with Crippen LogP contribution in [0.2, 0.25) is 0 Å². The second-order valence-corrected chi connectivity index (χ2v) is 13.1. The lowest BCUT2D eigenvalue weighted by molar-refractivity contribution is -0.0970. The van der Waals surface area contributed by atoms with Gasteiger partial charge in [-0.25, -0.2) is 13.1 Å². The monoisotopic (exact) mass is 387 g/mol. The molecule has 5 aliphatic rings. The first-order valence-corrected chi connectivity index (χ1v) is 12.2. The Morgan fingerprint density at radius 3 is 2.07 bits per heavy atom. The molecule has 5 saturated carbocycles. The van der Waals surface area contributed by atoms with Gasteiger partial charge in [-0.05, 0) is 79.6 Å². The maximum atomic E-state index is 13.6. The fraction of sp³-hybridized carbons (Fsp3) is 0.739. The minimum atomic E-state index is -3.37. The largest absolute Gasteiger partial charge is 0.222 e. The fourth-order valence-electron chi connectivity index (χ4n) is 7.51. The van der Waals surface area contributed by atoms with Crippen LogP contribution in [0.25, 0.3) is 0 Å². The highest BCUT2D eigenvalue weighted by atomic mass is 32.2. The summed E-state index contributed by atoms with van der Waals surface area (Å²) in [6.45, 7) is 7.14. The van der Waals surface area contributed by atoms with Crippen LogP contribution in [0.4, 0.5) is 0 Å². The van der Waals surface area contributed by atoms with E-state index in [4.69, 9.17) is 0 Å². The highest BCUT2D eigenvalue weighted by Crippen LogP contribution is 2.63. The molecule has 6 rings (SSSR count). The van der Waals surface area contributed by atoms with Crippen molar-refractivity contribution in [3.8, 4) is 0 Å². The van der Waals surface area contributed by atoms with Gasteiger partial charge in [0.15, 0.2) is 0 Å². The van der Waals surface area contributed by atoms with E-state index in [1.807, 2.05) is 30.3 Å². The van der Waals surface area contributed by atoms with Gasteiger partial charge in [-0.15, -0.1) is 0 Å². The first kappa shape index (κ1) is 18.2. The van der Waals surface area contributed by atoms with Gasteiger partial charge < -0.3 is 0 Å². The van der Waals surface area contributed by atoms with E-state index in [-0.39, 0.29) is 5.54 Å². The van der Waals surface area contributed by atoms with Crippen molar-refractivity contribution >= 4 is 10.0 Å². The van der Waals surface area contributed by atoms with E-state index in [0.29, 0.717) is 17.3 Å². The molecule has 1 N–H and O–H groups in total. The number of sulfonamides is 1. The van der Waals surface area contributed by atoms with Crippen molar-refractivity contribution in [3.63, 3.8) is 0 Å². The highest BCUT2D eigenvalue weighted by molar-refractivity contribution is 7.90. The zero-order valence-electron chi connectivity index (χ0n) is 16.9. The smallest absolute Gasteiger partial charge is 0.211 e. The summed E-state index contributed by atoms with van der Waals surface area (Å²) < 4.78 is 29.8. The molecule has 27 heavy (non-hydrogen) atoms. The Labute approximate surface area is 164 Å². The maximum absolute atomic E-state index is 13.6. The maximum Gasteiger partial charge on any atom is 0.222 e. The second kappa shape index (κ2) is 5.60. The molecule has 2 atom stereocenters. The van der Waals surface area contributed by atoms with E-state index < -0.39 is 14.8 Å². The third-order valence-electron chi connectivity index (χ3n) is 8.14. The van der Waals surface area contributed by atoms with Crippen molar-refractivity contribution in [2.45, 2.75) is 76.0 Å². The fourth-order valence-corrected chi connectivity index (χ4v) is 9.62. The molecule has 5 fully saturated rings. The molecular weight excluding hydrogens is 354 g/mol. The zero-order valence-corrected chi connectivity index (χ0v) is 17.7. The van der Waals surface area contributed by atoms with Crippen molar-refractivity contribution in [1.82, 2.24) is 4.72 Å². The molecule has 0 radical (unpaired) electrons. The van der Waals surface area contributed by atoms with Gasteiger partial charge in [0.25, 0.3) is 0 Å². The Bertz CT molecular complexity index is 819. The SMILES string of the molecule is CC(C)(C)C1C2CC3CC1CC(NS(=O)(=O)C1(c4ccccc4)CC1)(C3)C2. The Kier molecular flexibility index (Phi) is 3.77. The van der Waals surface area contributed by atoms with E-state index in [2.05, 4.69) is 25.5 Å². The van der Waals surface area contributed by atoms with E-state index in [0.717, 1.165) is 49.5 Å². The van der Waals surface area contributed by atoms with Gasteiger partial charge in [0.1, 0.15) is 4.75 Å². The predicted octanol–water partition coefficient (Wildman–Crippen LogP) is 4.84. The van der Waals surface area contributed by atoms with Crippen LogP contribution >= 0.6 is 0 Å². The van der Waals surface area contributed by atoms with Crippen molar-refractivity contribution in [2.24, 2.45) is 29.1 Å². The third-order valence-corrected chi connectivity index (χ3v) is 10.5. The van der Waals surface area contributed by atoms with Gasteiger partial charge in [0.2, 0.25) is 10.0 Å². The summed E-state index contributed by atoms with van der Waals surface area (Å²) in [5.74, 6) is 2.84. The van der Waals surface area contributed by atoms with Crippen LogP contribution < -0.4 is 4.72 Å². The van der Waals surface area contributed by atoms with Gasteiger partial charge >= 0.3 is 0 Å². The Hall–Kier alpha value is -0.870. The normalized spacial score (nSPS) is 39.5. The number of rotatable bonds is 4. The highest BCUT2D eigenvalue weighted by Gasteiger charge is 2.62. The molecule has 2 unspecified atom stereocenters. The van der Waals surface area contributed by atoms with Gasteiger partial charge in [-0.2, -0.15) is 0 Å². The quantitative estimate of drug-likeness (QED) is 0.804. The minimum Gasteiger partial charge on any atom is -0.211 e. The molecule has 0 aromatic heterocycles. The van der Waals surface area contributed by atoms with Gasteiger partial charge in [-0.3, -0.25) is 0 Å². The number of hydrogen-bond acceptors (Lipinski definition) is 2. The molecule has 1 aromatic rings. The first-order valence-electron chi connectivity index (χ1n) is 10.7. The van der Waals surface area contributed by atoms with Crippen LogP contribution in [0, 0.1) is 29.1 Å². The molecule has 5 aliphatic carbocycles. The minimum absolute atomic E-state index is 0.179. The Balaban J connectivity index is 1.44. The van der Waals surface area contributed by atoms with Crippen molar-refractivity contribution < 1.29 is 8.42 Å². The van der Waals surface area contributed by atoms with Gasteiger partial charge in [0.05, 0.1) is 0 Å². The average Bonchev–Trinajstić information content (AvgIpc) is 3.34. The Morgan fingerprint density at radius 1 is 0.963 bits per heavy atom. The molecule has 4 bridgehead atoms. The van der Waals surface area contributed by atoms with Crippen molar-refractivity contribution in [3.05, 3.63) is 35.9 Å². The molecule has 4 heteroatoms. The van der Waals surface area contributed by atoms with Crippen LogP contribution in [0.3, 0.4) is 0 Å². The standard InChI is InChI=1S/C23H33NO2S/c1-21(2,3)20-17-11-16-12-18(20)15-22(13-16,14-17)24-27(25,26)23(9-10-23)19-7-5-4-6-8-19/h4-8,16-18,20,24H,9-15H2,1-3H3. The molecule has 0 spiro atoms. The lowest BCUT2D eigenvalue weighted by Gasteiger charge is -2.63. The summed E-state index contributed by atoms with van der Waals surface area (Å²) in [6, 6.07) is 9.86. The van der Waals surface area contributed by atoms with Crippen LogP contribution in [0.5, 0.6) is 0 Å². The van der Waals surface area contributed by atoms with Gasteiger partial charge in [-0.1, -0.05) is 51.1 Å². The van der Waals surface area contributed by atoms with E-state index in [1.54, 1.807) is 0 Å². The van der Waals surface area contributed by atoms with E-state index in [9.17, 15) is 8.42 Å². The summed E-state index contributed by atoms with van der Waals surface area (Å²) in [5, 5.41) is 0. The number of nitrogens with one attached hydrogen (secondary N) is 1. The molecular formula is C23H33NO2S. The summed E-state index contributed by atoms with van der Waals surface area (Å²) in [6.07, 6.45) is 7.28. The second-order valence-electron chi connectivity index (χ2n) is 11.1. The molecule has 148 valence electrons. The number of benzene rings is 1. The summed E-state index contributed by atoms with van der Waals surface area (Å²) in [4.78, 5) is 0. The summed E-state index contributed by atoms with van der Waals surface area (Å²) >= 11 is 0. The van der Waals surface area contributed by atoms with E-state index in [1.165, 1.54) is 12.8 Å². The Morgan fingerprint density at radius 2 is 1.56 bits per heavy atom. The summed E-state index contributed by atoms with van der Waals surface area (Å²) in [7, 11) is -3.37. The van der Waals surface area contributed by atoms with Crippen molar-refractivity contribution in [2.75, 3.05) is 0 Å². The molecule has 0 aliphatic heterocycles. The topological polar surface area (TPSA) is 46.2 Å². The third kappa shape index (κ3) is 2.73. The van der Waals surface area contributed by atoms with Crippen LogP contribution in [0.15, 0.2) is 30.3 Å². The van der Waals surface area contributed by atoms with Crippen LogP contribution in [-0.4, -0.2) is 14.0 Å². The molecule has 1 aromatic carbocycles. The molecule has 0 saturated heterocycles. The molecule has 0 amide bonds. The van der Waals surface area contributed by atoms with Crippen LogP contribution in [-0.2, 0) is 14.8 Å². The molecule has 0 heterocycles. The molecule has 3 nitrogen and oxygen atoms in total. The van der Waals surface area contributed by atoms with Crippen molar-refractivity contribution in [1.29, 1.82) is 0 Å². The predicted molar refractivity (Wildman–Crippen MR) is 109 cm³/mol. The zero-order chi connectivity index (χ0) is 19.1.